The zero-order valence-corrected chi connectivity index (χ0v) is 11.3. The molecule has 0 amide bonds. The lowest BCUT2D eigenvalue weighted by Crippen LogP contribution is -2.15. The minimum atomic E-state index is -3.99. The first kappa shape index (κ1) is 14.1. The van der Waals surface area contributed by atoms with Crippen LogP contribution in [0.4, 0.5) is 15.8 Å². The molecule has 2 rings (SSSR count). The lowest BCUT2D eigenvalue weighted by molar-refractivity contribution is 0.414. The molecule has 0 bridgehead atoms. The van der Waals surface area contributed by atoms with Crippen molar-refractivity contribution in [3.05, 3.63) is 42.5 Å². The van der Waals surface area contributed by atoms with E-state index in [1.165, 1.54) is 37.6 Å². The van der Waals surface area contributed by atoms with E-state index in [-0.39, 0.29) is 16.3 Å². The number of ether oxygens (including phenoxy) is 1. The van der Waals surface area contributed by atoms with Crippen LogP contribution in [0.1, 0.15) is 0 Å². The second kappa shape index (κ2) is 5.33. The number of anilines is 2. The van der Waals surface area contributed by atoms with E-state index in [2.05, 4.69) is 9.71 Å². The molecule has 3 N–H and O–H groups in total. The van der Waals surface area contributed by atoms with E-state index >= 15 is 0 Å². The van der Waals surface area contributed by atoms with Gasteiger partial charge in [-0.3, -0.25) is 9.71 Å². The van der Waals surface area contributed by atoms with Crippen LogP contribution in [-0.2, 0) is 10.0 Å². The molecular formula is C12H12FN3O3S. The van der Waals surface area contributed by atoms with E-state index in [0.717, 1.165) is 6.20 Å². The van der Waals surface area contributed by atoms with E-state index in [1.807, 2.05) is 0 Å². The van der Waals surface area contributed by atoms with Gasteiger partial charge in [-0.15, -0.1) is 0 Å². The highest BCUT2D eigenvalue weighted by Gasteiger charge is 2.19. The molecule has 0 atom stereocenters. The van der Waals surface area contributed by atoms with Crippen LogP contribution in [0.2, 0.25) is 0 Å². The maximum Gasteiger partial charge on any atom is 0.264 e. The average molecular weight is 297 g/mol. The highest BCUT2D eigenvalue weighted by molar-refractivity contribution is 7.92. The van der Waals surface area contributed by atoms with Gasteiger partial charge in [0.15, 0.2) is 5.82 Å². The molecule has 0 saturated carbocycles. The molecule has 1 aromatic carbocycles. The SMILES string of the molecule is COc1ccc(S(=O)(=O)Nc2ccncc2F)c(N)c1. The first-order chi connectivity index (χ1) is 9.44. The van der Waals surface area contributed by atoms with E-state index in [4.69, 9.17) is 10.5 Å². The number of aromatic nitrogens is 1. The molecule has 1 aromatic heterocycles. The number of nitrogens with two attached hydrogens (primary N) is 1. The Bertz CT molecular complexity index is 734. The van der Waals surface area contributed by atoms with Crippen LogP contribution in [0.25, 0.3) is 0 Å². The van der Waals surface area contributed by atoms with Crippen molar-refractivity contribution in [2.24, 2.45) is 0 Å². The van der Waals surface area contributed by atoms with Gasteiger partial charge in [-0.05, 0) is 18.2 Å². The summed E-state index contributed by atoms with van der Waals surface area (Å²) in [5, 5.41) is 0. The van der Waals surface area contributed by atoms with Gasteiger partial charge in [-0.2, -0.15) is 0 Å². The summed E-state index contributed by atoms with van der Waals surface area (Å²) in [7, 11) is -2.55. The second-order valence-electron chi connectivity index (χ2n) is 3.86. The first-order valence-corrected chi connectivity index (χ1v) is 6.98. The molecule has 1 heterocycles. The molecule has 0 aliphatic heterocycles. The lowest BCUT2D eigenvalue weighted by atomic mass is 10.3. The van der Waals surface area contributed by atoms with Crippen molar-refractivity contribution in [1.82, 2.24) is 4.98 Å². The van der Waals surface area contributed by atoms with Crippen molar-refractivity contribution in [2.75, 3.05) is 17.6 Å². The Labute approximate surface area is 115 Å². The standard InChI is InChI=1S/C12H12FN3O3S/c1-19-8-2-3-12(10(14)6-8)20(17,18)16-11-4-5-15-7-9(11)13/h2-7H,14H2,1H3,(H,15,16). The van der Waals surface area contributed by atoms with Crippen molar-refractivity contribution >= 4 is 21.4 Å². The van der Waals surface area contributed by atoms with Crippen LogP contribution < -0.4 is 15.2 Å². The normalized spacial score (nSPS) is 11.1. The molecule has 0 aliphatic rings. The minimum Gasteiger partial charge on any atom is -0.497 e. The Kier molecular flexibility index (Phi) is 3.75. The number of halogens is 1. The summed E-state index contributed by atoms with van der Waals surface area (Å²) in [5.41, 5.74) is 5.48. The molecule has 8 heteroatoms. The number of hydrogen-bond acceptors (Lipinski definition) is 5. The second-order valence-corrected chi connectivity index (χ2v) is 5.52. The largest absolute Gasteiger partial charge is 0.497 e. The molecule has 20 heavy (non-hydrogen) atoms. The first-order valence-electron chi connectivity index (χ1n) is 5.50. The molecule has 0 radical (unpaired) electrons. The topological polar surface area (TPSA) is 94.3 Å². The molecule has 0 spiro atoms. The van der Waals surface area contributed by atoms with Crippen molar-refractivity contribution in [2.45, 2.75) is 4.90 Å². The van der Waals surface area contributed by atoms with E-state index < -0.39 is 15.8 Å². The number of pyridine rings is 1. The van der Waals surface area contributed by atoms with Crippen molar-refractivity contribution in [3.8, 4) is 5.75 Å². The fraction of sp³-hybridized carbons (Fsp3) is 0.0833. The third-order valence-electron chi connectivity index (χ3n) is 2.52. The summed E-state index contributed by atoms with van der Waals surface area (Å²) in [6.45, 7) is 0. The number of nitrogen functional groups attached to an aromatic ring is 1. The van der Waals surface area contributed by atoms with Gasteiger partial charge in [-0.1, -0.05) is 0 Å². The quantitative estimate of drug-likeness (QED) is 0.836. The fourth-order valence-corrected chi connectivity index (χ4v) is 2.74. The number of sulfonamides is 1. The number of methoxy groups -OCH3 is 1. The zero-order chi connectivity index (χ0) is 14.8. The van der Waals surface area contributed by atoms with Gasteiger partial charge < -0.3 is 10.5 Å². The molecule has 0 saturated heterocycles. The van der Waals surface area contributed by atoms with Gasteiger partial charge >= 0.3 is 0 Å². The fourth-order valence-electron chi connectivity index (χ4n) is 1.56. The number of nitrogens with zero attached hydrogens (tertiary/aromatic N) is 1. The summed E-state index contributed by atoms with van der Waals surface area (Å²) in [4.78, 5) is 3.38. The number of nitrogens with one attached hydrogen (secondary N) is 1. The van der Waals surface area contributed by atoms with Crippen LogP contribution in [0.15, 0.2) is 41.6 Å². The molecule has 106 valence electrons. The van der Waals surface area contributed by atoms with Crippen LogP contribution in [0.3, 0.4) is 0 Å². The van der Waals surface area contributed by atoms with Crippen molar-refractivity contribution < 1.29 is 17.5 Å². The Hall–Kier alpha value is -2.35. The van der Waals surface area contributed by atoms with Gasteiger partial charge in [-0.25, -0.2) is 12.8 Å². The van der Waals surface area contributed by atoms with Crippen LogP contribution >= 0.6 is 0 Å². The van der Waals surface area contributed by atoms with Crippen molar-refractivity contribution in [3.63, 3.8) is 0 Å². The molecular weight excluding hydrogens is 285 g/mol. The third-order valence-corrected chi connectivity index (χ3v) is 3.96. The van der Waals surface area contributed by atoms with Gasteiger partial charge in [0.05, 0.1) is 24.7 Å². The summed E-state index contributed by atoms with van der Waals surface area (Å²) in [6.07, 6.45) is 2.19. The maximum atomic E-state index is 13.4. The highest BCUT2D eigenvalue weighted by atomic mass is 32.2. The monoisotopic (exact) mass is 297 g/mol. The van der Waals surface area contributed by atoms with Gasteiger partial charge in [0, 0.05) is 12.3 Å². The Morgan fingerprint density at radius 1 is 1.35 bits per heavy atom. The Balaban J connectivity index is 2.39. The predicted octanol–water partition coefficient (Wildman–Crippen LogP) is 1.61. The third kappa shape index (κ3) is 2.80. The van der Waals surface area contributed by atoms with E-state index in [1.54, 1.807) is 0 Å². The molecule has 2 aromatic rings. The number of benzene rings is 1. The molecule has 6 nitrogen and oxygen atoms in total. The molecule has 0 unspecified atom stereocenters. The van der Waals surface area contributed by atoms with Crippen LogP contribution in [-0.4, -0.2) is 20.5 Å². The maximum absolute atomic E-state index is 13.4. The van der Waals surface area contributed by atoms with E-state index in [0.29, 0.717) is 5.75 Å². The van der Waals surface area contributed by atoms with Crippen LogP contribution in [0.5, 0.6) is 5.75 Å². The Morgan fingerprint density at radius 3 is 2.70 bits per heavy atom. The summed E-state index contributed by atoms with van der Waals surface area (Å²) in [6, 6.07) is 5.33. The van der Waals surface area contributed by atoms with Crippen molar-refractivity contribution in [1.29, 1.82) is 0 Å². The summed E-state index contributed by atoms with van der Waals surface area (Å²) < 4.78 is 44.8. The van der Waals surface area contributed by atoms with Gasteiger partial charge in [0.2, 0.25) is 0 Å². The number of rotatable bonds is 4. The highest BCUT2D eigenvalue weighted by Crippen LogP contribution is 2.26. The average Bonchev–Trinajstić information content (AvgIpc) is 2.40. The predicted molar refractivity (Wildman–Crippen MR) is 72.4 cm³/mol. The summed E-state index contributed by atoms with van der Waals surface area (Å²) in [5.74, 6) is -0.348. The van der Waals surface area contributed by atoms with Gasteiger partial charge in [0.25, 0.3) is 10.0 Å². The lowest BCUT2D eigenvalue weighted by Gasteiger charge is -2.11. The minimum absolute atomic E-state index is 0.00585. The molecule has 0 fully saturated rings. The number of hydrogen-bond donors (Lipinski definition) is 2. The van der Waals surface area contributed by atoms with Gasteiger partial charge in [0.1, 0.15) is 10.6 Å². The summed E-state index contributed by atoms with van der Waals surface area (Å²) >= 11 is 0. The smallest absolute Gasteiger partial charge is 0.264 e. The zero-order valence-electron chi connectivity index (χ0n) is 10.5. The van der Waals surface area contributed by atoms with Crippen LogP contribution in [0, 0.1) is 5.82 Å². The van der Waals surface area contributed by atoms with E-state index in [9.17, 15) is 12.8 Å². The Morgan fingerprint density at radius 2 is 2.10 bits per heavy atom. The molecule has 0 aliphatic carbocycles.